The quantitative estimate of drug-likeness (QED) is 0.546. The van der Waals surface area contributed by atoms with Crippen LogP contribution in [-0.2, 0) is 4.79 Å². The Hall–Kier alpha value is -2.26. The number of hydrogen-bond acceptors (Lipinski definition) is 7. The van der Waals surface area contributed by atoms with E-state index in [2.05, 4.69) is 20.5 Å². The molecular formula is C16H15N5O2S2. The maximum atomic E-state index is 12.8. The standard InChI is InChI=1S/C16H15N5O2S2/c1-9-19-20-15(25-9)18-13(22)8-24-16-17-12-5-3-2-4-11(12)14(23)21(16)10-6-7-10/h2-5,10H,6-8H2,1H3,(H,18,20,22). The fourth-order valence-corrected chi connectivity index (χ4v) is 3.99. The summed E-state index contributed by atoms with van der Waals surface area (Å²) in [7, 11) is 0. The molecule has 0 atom stereocenters. The average molecular weight is 373 g/mol. The zero-order chi connectivity index (χ0) is 17.4. The van der Waals surface area contributed by atoms with Crippen molar-refractivity contribution in [2.24, 2.45) is 0 Å². The van der Waals surface area contributed by atoms with Crippen molar-refractivity contribution in [2.75, 3.05) is 11.1 Å². The van der Waals surface area contributed by atoms with E-state index in [1.54, 1.807) is 10.6 Å². The number of amides is 1. The highest BCUT2D eigenvalue weighted by Gasteiger charge is 2.28. The Kier molecular flexibility index (Phi) is 4.26. The Morgan fingerprint density at radius 2 is 2.16 bits per heavy atom. The maximum absolute atomic E-state index is 12.8. The van der Waals surface area contributed by atoms with E-state index < -0.39 is 0 Å². The summed E-state index contributed by atoms with van der Waals surface area (Å²) in [6.07, 6.45) is 1.95. The Bertz CT molecular complexity index is 1010. The van der Waals surface area contributed by atoms with Crippen LogP contribution in [0.2, 0.25) is 0 Å². The molecule has 1 aliphatic rings. The summed E-state index contributed by atoms with van der Waals surface area (Å²) >= 11 is 2.60. The lowest BCUT2D eigenvalue weighted by Crippen LogP contribution is -2.23. The third kappa shape index (κ3) is 3.42. The van der Waals surface area contributed by atoms with E-state index in [1.807, 2.05) is 25.1 Å². The molecule has 2 aromatic heterocycles. The first kappa shape index (κ1) is 16.2. The van der Waals surface area contributed by atoms with Gasteiger partial charge in [-0.05, 0) is 31.9 Å². The Balaban J connectivity index is 1.57. The number of fused-ring (bicyclic) bond motifs is 1. The highest BCUT2D eigenvalue weighted by molar-refractivity contribution is 7.99. The summed E-state index contributed by atoms with van der Waals surface area (Å²) < 4.78 is 1.73. The molecule has 0 bridgehead atoms. The van der Waals surface area contributed by atoms with Crippen LogP contribution in [0, 0.1) is 6.92 Å². The molecule has 4 rings (SSSR count). The molecule has 0 unspecified atom stereocenters. The molecule has 9 heteroatoms. The van der Waals surface area contributed by atoms with Gasteiger partial charge in [0.05, 0.1) is 16.7 Å². The van der Waals surface area contributed by atoms with E-state index in [-0.39, 0.29) is 23.3 Å². The van der Waals surface area contributed by atoms with Crippen molar-refractivity contribution in [3.05, 3.63) is 39.6 Å². The van der Waals surface area contributed by atoms with Gasteiger partial charge in [0.25, 0.3) is 5.56 Å². The van der Waals surface area contributed by atoms with E-state index >= 15 is 0 Å². The second-order valence-corrected chi connectivity index (χ2v) is 7.91. The second-order valence-electron chi connectivity index (χ2n) is 5.78. The van der Waals surface area contributed by atoms with E-state index in [9.17, 15) is 9.59 Å². The number of aromatic nitrogens is 4. The van der Waals surface area contributed by atoms with Gasteiger partial charge in [-0.2, -0.15) is 0 Å². The average Bonchev–Trinajstić information content (AvgIpc) is 3.35. The fourth-order valence-electron chi connectivity index (χ4n) is 2.51. The molecule has 1 fully saturated rings. The van der Waals surface area contributed by atoms with E-state index in [1.165, 1.54) is 23.1 Å². The summed E-state index contributed by atoms with van der Waals surface area (Å²) in [6, 6.07) is 7.51. The van der Waals surface area contributed by atoms with Crippen LogP contribution < -0.4 is 10.9 Å². The number of thioether (sulfide) groups is 1. The van der Waals surface area contributed by atoms with Crippen molar-refractivity contribution < 1.29 is 4.79 Å². The third-order valence-electron chi connectivity index (χ3n) is 3.79. The second kappa shape index (κ2) is 6.57. The molecule has 2 heterocycles. The van der Waals surface area contributed by atoms with Crippen molar-refractivity contribution in [1.82, 2.24) is 19.7 Å². The van der Waals surface area contributed by atoms with Crippen molar-refractivity contribution in [2.45, 2.75) is 31.0 Å². The molecular weight excluding hydrogens is 358 g/mol. The van der Waals surface area contributed by atoms with Crippen LogP contribution in [0.15, 0.2) is 34.2 Å². The first-order chi connectivity index (χ1) is 12.1. The van der Waals surface area contributed by atoms with Gasteiger partial charge in [-0.25, -0.2) is 4.98 Å². The number of benzene rings is 1. The van der Waals surface area contributed by atoms with Gasteiger partial charge < -0.3 is 0 Å². The largest absolute Gasteiger partial charge is 0.300 e. The third-order valence-corrected chi connectivity index (χ3v) is 5.50. The number of nitrogens with zero attached hydrogens (tertiary/aromatic N) is 4. The van der Waals surface area contributed by atoms with E-state index in [4.69, 9.17) is 0 Å². The van der Waals surface area contributed by atoms with Crippen LogP contribution in [0.1, 0.15) is 23.9 Å². The lowest BCUT2D eigenvalue weighted by molar-refractivity contribution is -0.113. The van der Waals surface area contributed by atoms with E-state index in [0.29, 0.717) is 21.2 Å². The summed E-state index contributed by atoms with van der Waals surface area (Å²) in [5.41, 5.74) is 0.628. The molecule has 0 spiro atoms. The first-order valence-corrected chi connectivity index (χ1v) is 9.66. The first-order valence-electron chi connectivity index (χ1n) is 7.86. The molecule has 0 saturated heterocycles. The number of nitrogens with one attached hydrogen (secondary N) is 1. The smallest absolute Gasteiger partial charge is 0.262 e. The van der Waals surface area contributed by atoms with Crippen molar-refractivity contribution >= 4 is 45.0 Å². The predicted molar refractivity (Wildman–Crippen MR) is 98.3 cm³/mol. The van der Waals surface area contributed by atoms with Gasteiger partial charge >= 0.3 is 0 Å². The van der Waals surface area contributed by atoms with Crippen LogP contribution in [-0.4, -0.2) is 31.4 Å². The van der Waals surface area contributed by atoms with Crippen LogP contribution in [0.3, 0.4) is 0 Å². The summed E-state index contributed by atoms with van der Waals surface area (Å²) in [4.78, 5) is 29.5. The van der Waals surface area contributed by atoms with Crippen LogP contribution >= 0.6 is 23.1 Å². The molecule has 1 amide bonds. The van der Waals surface area contributed by atoms with Crippen LogP contribution in [0.25, 0.3) is 10.9 Å². The number of rotatable bonds is 5. The number of anilines is 1. The number of para-hydroxylation sites is 1. The number of carbonyl (C=O) groups is 1. The van der Waals surface area contributed by atoms with Gasteiger partial charge in [-0.3, -0.25) is 19.5 Å². The molecule has 128 valence electrons. The lowest BCUT2D eigenvalue weighted by atomic mass is 10.2. The van der Waals surface area contributed by atoms with Gasteiger partial charge in [-0.15, -0.1) is 10.2 Å². The van der Waals surface area contributed by atoms with Crippen LogP contribution in [0.5, 0.6) is 0 Å². The Labute approximate surface area is 151 Å². The van der Waals surface area contributed by atoms with Crippen molar-refractivity contribution in [3.63, 3.8) is 0 Å². The molecule has 7 nitrogen and oxygen atoms in total. The molecule has 1 aromatic carbocycles. The minimum absolute atomic E-state index is 0.0317. The van der Waals surface area contributed by atoms with Crippen molar-refractivity contribution in [3.8, 4) is 0 Å². The number of carbonyl (C=O) groups excluding carboxylic acids is 1. The molecule has 0 aliphatic heterocycles. The highest BCUT2D eigenvalue weighted by Crippen LogP contribution is 2.36. The topological polar surface area (TPSA) is 89.8 Å². The van der Waals surface area contributed by atoms with Gasteiger partial charge in [0.2, 0.25) is 11.0 Å². The Morgan fingerprint density at radius 3 is 2.88 bits per heavy atom. The van der Waals surface area contributed by atoms with Gasteiger partial charge in [0.15, 0.2) is 5.16 Å². The zero-order valence-electron chi connectivity index (χ0n) is 13.4. The number of aryl methyl sites for hydroxylation is 1. The summed E-state index contributed by atoms with van der Waals surface area (Å²) in [5, 5.41) is 13.0. The summed E-state index contributed by atoms with van der Waals surface area (Å²) in [5.74, 6) is -0.0262. The van der Waals surface area contributed by atoms with Crippen LogP contribution in [0.4, 0.5) is 5.13 Å². The zero-order valence-corrected chi connectivity index (χ0v) is 15.1. The fraction of sp³-hybridized carbons (Fsp3) is 0.312. The van der Waals surface area contributed by atoms with E-state index in [0.717, 1.165) is 17.8 Å². The predicted octanol–water partition coefficient (Wildman–Crippen LogP) is 2.62. The normalized spacial score (nSPS) is 14.0. The van der Waals surface area contributed by atoms with Gasteiger partial charge in [-0.1, -0.05) is 35.2 Å². The molecule has 0 radical (unpaired) electrons. The van der Waals surface area contributed by atoms with Crippen molar-refractivity contribution in [1.29, 1.82) is 0 Å². The highest BCUT2D eigenvalue weighted by atomic mass is 32.2. The molecule has 25 heavy (non-hydrogen) atoms. The molecule has 1 saturated carbocycles. The maximum Gasteiger partial charge on any atom is 0.262 e. The summed E-state index contributed by atoms with van der Waals surface area (Å²) in [6.45, 7) is 1.83. The lowest BCUT2D eigenvalue weighted by Gasteiger charge is -2.11. The number of hydrogen-bond donors (Lipinski definition) is 1. The molecule has 1 aliphatic carbocycles. The van der Waals surface area contributed by atoms with Gasteiger partial charge in [0.1, 0.15) is 5.01 Å². The van der Waals surface area contributed by atoms with Gasteiger partial charge in [0, 0.05) is 6.04 Å². The SMILES string of the molecule is Cc1nnc(NC(=O)CSc2nc3ccccc3c(=O)n2C2CC2)s1. The Morgan fingerprint density at radius 1 is 1.36 bits per heavy atom. The minimum atomic E-state index is -0.189. The molecule has 1 N–H and O–H groups in total. The molecule has 3 aromatic rings. The monoisotopic (exact) mass is 373 g/mol. The minimum Gasteiger partial charge on any atom is -0.300 e.